The van der Waals surface area contributed by atoms with Crippen LogP contribution in [0.1, 0.15) is 36.2 Å². The van der Waals surface area contributed by atoms with E-state index in [1.54, 1.807) is 11.3 Å². The van der Waals surface area contributed by atoms with Crippen molar-refractivity contribution in [3.63, 3.8) is 0 Å². The molecule has 1 aliphatic heterocycles. The van der Waals surface area contributed by atoms with Crippen molar-refractivity contribution >= 4 is 23.2 Å². The van der Waals surface area contributed by atoms with E-state index < -0.39 is 0 Å². The van der Waals surface area contributed by atoms with Crippen molar-refractivity contribution in [3.8, 4) is 0 Å². The Bertz CT molecular complexity index is 774. The number of carbonyl (C=O) groups is 2. The van der Waals surface area contributed by atoms with Gasteiger partial charge >= 0.3 is 0 Å². The predicted octanol–water partition coefficient (Wildman–Crippen LogP) is 0.0443. The summed E-state index contributed by atoms with van der Waals surface area (Å²) in [6.07, 6.45) is 2.11. The molecule has 3 rings (SSSR count). The smallest absolute Gasteiger partial charge is 0.278 e. The second kappa shape index (κ2) is 11.8. The largest absolute Gasteiger partial charge is 0.351 e. The van der Waals surface area contributed by atoms with Gasteiger partial charge in [0, 0.05) is 12.1 Å². The molecule has 4 N–H and O–H groups in total. The quantitative estimate of drug-likeness (QED) is 0.466. The van der Waals surface area contributed by atoms with Crippen molar-refractivity contribution < 1.29 is 19.8 Å². The first-order valence-corrected chi connectivity index (χ1v) is 11.8. The van der Waals surface area contributed by atoms with Crippen LogP contribution in [0.25, 0.3) is 0 Å². The highest BCUT2D eigenvalue weighted by Crippen LogP contribution is 2.22. The van der Waals surface area contributed by atoms with E-state index in [0.717, 1.165) is 45.6 Å². The first kappa shape index (κ1) is 22.5. The van der Waals surface area contributed by atoms with Crippen molar-refractivity contribution in [2.45, 2.75) is 25.8 Å². The van der Waals surface area contributed by atoms with Gasteiger partial charge in [-0.3, -0.25) is 9.59 Å². The maximum Gasteiger partial charge on any atom is 0.278 e. The van der Waals surface area contributed by atoms with Crippen LogP contribution in [0.4, 0.5) is 0 Å². The molecule has 1 aliphatic rings. The maximum absolute atomic E-state index is 12.8. The lowest BCUT2D eigenvalue weighted by atomic mass is 10.1. The summed E-state index contributed by atoms with van der Waals surface area (Å²) in [5, 5.41) is 7.21. The molecular weight excluding hydrogens is 396 g/mol. The molecule has 1 aromatic heterocycles. The summed E-state index contributed by atoms with van der Waals surface area (Å²) in [6, 6.07) is 14.7. The number of hydrogen-bond acceptors (Lipinski definition) is 3. The van der Waals surface area contributed by atoms with Gasteiger partial charge in [-0.1, -0.05) is 49.7 Å². The minimum atomic E-state index is 0.119. The molecule has 0 bridgehead atoms. The SMILES string of the molecule is CCCCNC(=O)C[NH+]1CCN(C(=O)C[NH2+][C@H](c2ccccc2)c2cccs2)CC1. The van der Waals surface area contributed by atoms with Gasteiger partial charge in [0.25, 0.3) is 11.8 Å². The van der Waals surface area contributed by atoms with Crippen LogP contribution in [-0.4, -0.2) is 62.5 Å². The van der Waals surface area contributed by atoms with Crippen LogP contribution < -0.4 is 15.5 Å². The van der Waals surface area contributed by atoms with Crippen molar-refractivity contribution in [2.24, 2.45) is 0 Å². The van der Waals surface area contributed by atoms with Gasteiger partial charge in [-0.15, -0.1) is 11.3 Å². The van der Waals surface area contributed by atoms with Crippen LogP contribution in [0.5, 0.6) is 0 Å². The van der Waals surface area contributed by atoms with Gasteiger partial charge in [0.1, 0.15) is 6.04 Å². The van der Waals surface area contributed by atoms with Gasteiger partial charge < -0.3 is 20.4 Å². The number of quaternary nitrogens is 2. The Morgan fingerprint density at radius 2 is 1.93 bits per heavy atom. The first-order chi connectivity index (χ1) is 14.7. The molecule has 0 aliphatic carbocycles. The Morgan fingerprint density at radius 3 is 2.60 bits per heavy atom. The lowest BCUT2D eigenvalue weighted by Crippen LogP contribution is -3.16. The molecule has 162 valence electrons. The van der Waals surface area contributed by atoms with Gasteiger partial charge in [-0.05, 0) is 17.9 Å². The van der Waals surface area contributed by atoms with Crippen LogP contribution in [0.15, 0.2) is 47.8 Å². The standard InChI is InChI=1S/C23H32N4O2S/c1-2-3-11-24-21(28)18-26-12-14-27(15-13-26)22(29)17-25-23(20-10-7-16-30-20)19-8-5-4-6-9-19/h4-10,16,23,25H,2-3,11-15,17-18H2,1H3,(H,24,28)/p+2/t23-/m1/s1. The third-order valence-electron chi connectivity index (χ3n) is 5.62. The number of thiophene rings is 1. The molecule has 0 radical (unpaired) electrons. The van der Waals surface area contributed by atoms with E-state index in [9.17, 15) is 9.59 Å². The van der Waals surface area contributed by atoms with E-state index in [-0.39, 0.29) is 17.9 Å². The Kier molecular flexibility index (Phi) is 8.86. The number of rotatable bonds is 10. The Labute approximate surface area is 183 Å². The van der Waals surface area contributed by atoms with Gasteiger partial charge in [-0.25, -0.2) is 0 Å². The lowest BCUT2D eigenvalue weighted by molar-refractivity contribution is -0.896. The molecule has 1 fully saturated rings. The summed E-state index contributed by atoms with van der Waals surface area (Å²) in [7, 11) is 0. The Hall–Kier alpha value is -2.22. The van der Waals surface area contributed by atoms with E-state index in [4.69, 9.17) is 0 Å². The average molecular weight is 431 g/mol. The number of benzene rings is 1. The molecular formula is C23H34N4O2S+2. The van der Waals surface area contributed by atoms with Crippen LogP contribution in [0, 0.1) is 0 Å². The summed E-state index contributed by atoms with van der Waals surface area (Å²) < 4.78 is 0. The molecule has 2 aromatic rings. The number of hydrogen-bond donors (Lipinski definition) is 3. The zero-order valence-corrected chi connectivity index (χ0v) is 18.6. The normalized spacial score (nSPS) is 15.7. The van der Waals surface area contributed by atoms with Crippen LogP contribution in [0.2, 0.25) is 0 Å². The number of unbranched alkanes of at least 4 members (excludes halogenated alkanes) is 1. The second-order valence-electron chi connectivity index (χ2n) is 7.85. The van der Waals surface area contributed by atoms with Crippen LogP contribution in [-0.2, 0) is 9.59 Å². The number of nitrogens with one attached hydrogen (secondary N) is 2. The molecule has 2 heterocycles. The van der Waals surface area contributed by atoms with Crippen LogP contribution >= 0.6 is 11.3 Å². The minimum absolute atomic E-state index is 0.119. The molecule has 0 saturated carbocycles. The highest BCUT2D eigenvalue weighted by atomic mass is 32.1. The Morgan fingerprint density at radius 1 is 1.17 bits per heavy atom. The minimum Gasteiger partial charge on any atom is -0.351 e. The number of amides is 2. The molecule has 2 amide bonds. The predicted molar refractivity (Wildman–Crippen MR) is 119 cm³/mol. The van der Waals surface area contributed by atoms with Crippen molar-refractivity contribution in [1.82, 2.24) is 10.2 Å². The topological polar surface area (TPSA) is 70.5 Å². The number of carbonyl (C=O) groups excluding carboxylic acids is 2. The van der Waals surface area contributed by atoms with E-state index >= 15 is 0 Å². The average Bonchev–Trinajstić information content (AvgIpc) is 3.30. The molecule has 1 saturated heterocycles. The maximum atomic E-state index is 12.8. The highest BCUT2D eigenvalue weighted by molar-refractivity contribution is 7.10. The van der Waals surface area contributed by atoms with E-state index in [1.807, 2.05) is 23.1 Å². The number of nitrogens with two attached hydrogens (primary N) is 1. The zero-order chi connectivity index (χ0) is 21.2. The summed E-state index contributed by atoms with van der Waals surface area (Å²) >= 11 is 1.73. The second-order valence-corrected chi connectivity index (χ2v) is 8.83. The third kappa shape index (κ3) is 6.65. The van der Waals surface area contributed by atoms with Crippen molar-refractivity contribution in [1.29, 1.82) is 0 Å². The van der Waals surface area contributed by atoms with Gasteiger partial charge in [0.2, 0.25) is 0 Å². The lowest BCUT2D eigenvalue weighted by Gasteiger charge is -2.31. The zero-order valence-electron chi connectivity index (χ0n) is 17.8. The Balaban J connectivity index is 1.45. The van der Waals surface area contributed by atoms with E-state index in [0.29, 0.717) is 13.1 Å². The van der Waals surface area contributed by atoms with Gasteiger partial charge in [0.05, 0.1) is 31.1 Å². The van der Waals surface area contributed by atoms with Crippen molar-refractivity contribution in [2.75, 3.05) is 45.8 Å². The monoisotopic (exact) mass is 430 g/mol. The summed E-state index contributed by atoms with van der Waals surface area (Å²) in [5.41, 5.74) is 1.22. The molecule has 1 atom stereocenters. The van der Waals surface area contributed by atoms with Crippen LogP contribution in [0.3, 0.4) is 0 Å². The molecule has 0 spiro atoms. The van der Waals surface area contributed by atoms with E-state index in [1.165, 1.54) is 15.3 Å². The summed E-state index contributed by atoms with van der Waals surface area (Å²) in [4.78, 5) is 29.3. The summed E-state index contributed by atoms with van der Waals surface area (Å²) in [6.45, 7) is 6.93. The van der Waals surface area contributed by atoms with Gasteiger partial charge in [-0.2, -0.15) is 0 Å². The third-order valence-corrected chi connectivity index (χ3v) is 6.58. The molecule has 7 heteroatoms. The fourth-order valence-corrected chi connectivity index (χ4v) is 4.69. The molecule has 6 nitrogen and oxygen atoms in total. The number of nitrogens with zero attached hydrogens (tertiary/aromatic N) is 1. The van der Waals surface area contributed by atoms with E-state index in [2.05, 4.69) is 47.2 Å². The van der Waals surface area contributed by atoms with Gasteiger partial charge in [0.15, 0.2) is 13.1 Å². The molecule has 0 unspecified atom stereocenters. The molecule has 30 heavy (non-hydrogen) atoms. The van der Waals surface area contributed by atoms with Crippen molar-refractivity contribution in [3.05, 3.63) is 58.3 Å². The fraction of sp³-hybridized carbons (Fsp3) is 0.478. The number of piperazine rings is 1. The first-order valence-electron chi connectivity index (χ1n) is 11.0. The molecule has 1 aromatic carbocycles. The highest BCUT2D eigenvalue weighted by Gasteiger charge is 2.27. The fourth-order valence-electron chi connectivity index (χ4n) is 3.84. The summed E-state index contributed by atoms with van der Waals surface area (Å²) in [5.74, 6) is 0.298.